The first kappa shape index (κ1) is 23.3. The van der Waals surface area contributed by atoms with Crippen LogP contribution in [-0.2, 0) is 12.6 Å². The van der Waals surface area contributed by atoms with Gasteiger partial charge in [-0.15, -0.1) is 0 Å². The number of benzene rings is 2. The third-order valence-corrected chi connectivity index (χ3v) is 7.67. The Balaban J connectivity index is 1.51. The predicted molar refractivity (Wildman–Crippen MR) is 140 cm³/mol. The van der Waals surface area contributed by atoms with Crippen molar-refractivity contribution >= 4 is 23.1 Å². The van der Waals surface area contributed by atoms with E-state index in [0.29, 0.717) is 42.2 Å². The van der Waals surface area contributed by atoms with Crippen LogP contribution in [-0.4, -0.2) is 45.1 Å². The summed E-state index contributed by atoms with van der Waals surface area (Å²) in [6, 6.07) is 17.3. The molecule has 6 rings (SSSR count). The lowest BCUT2D eigenvalue weighted by atomic mass is 9.72. The second kappa shape index (κ2) is 8.77. The van der Waals surface area contributed by atoms with Gasteiger partial charge in [0.05, 0.1) is 11.6 Å². The van der Waals surface area contributed by atoms with Crippen molar-refractivity contribution in [2.45, 2.75) is 37.3 Å². The van der Waals surface area contributed by atoms with Crippen LogP contribution in [0.2, 0.25) is 0 Å². The van der Waals surface area contributed by atoms with Gasteiger partial charge in [0, 0.05) is 31.3 Å². The van der Waals surface area contributed by atoms with Crippen molar-refractivity contribution in [3.63, 3.8) is 0 Å². The number of hydrogen-bond acceptors (Lipinski definition) is 6. The molecule has 0 spiro atoms. The molecule has 1 amide bonds. The number of hydrogen-bond donors (Lipinski definition) is 3. The number of carbonyl (C=O) groups is 1. The van der Waals surface area contributed by atoms with Crippen LogP contribution < -0.4 is 15.8 Å². The van der Waals surface area contributed by atoms with Crippen molar-refractivity contribution in [2.24, 2.45) is 7.05 Å². The zero-order valence-electron chi connectivity index (χ0n) is 20.5. The molecular formula is C28H28N4O5. The van der Waals surface area contributed by atoms with Crippen LogP contribution in [0.5, 0.6) is 0 Å². The van der Waals surface area contributed by atoms with E-state index in [0.717, 1.165) is 36.0 Å². The van der Waals surface area contributed by atoms with Gasteiger partial charge in [0.2, 0.25) is 11.7 Å². The van der Waals surface area contributed by atoms with Crippen molar-refractivity contribution in [3.8, 4) is 22.5 Å². The molecular weight excluding hydrogens is 472 g/mol. The molecule has 1 aliphatic heterocycles. The number of β-amino-alcohol motifs (C(OH)–C–C–N with tert-alkyl or cyclic N) is 1. The maximum Gasteiger partial charge on any atom is 0.405 e. The molecule has 37 heavy (non-hydrogen) atoms. The maximum atomic E-state index is 13.7. The minimum absolute atomic E-state index is 0.217. The van der Waals surface area contributed by atoms with Gasteiger partial charge in [-0.2, -0.15) is 4.98 Å². The summed E-state index contributed by atoms with van der Waals surface area (Å²) in [6.45, 7) is 1.03. The van der Waals surface area contributed by atoms with E-state index >= 15 is 0 Å². The van der Waals surface area contributed by atoms with Crippen molar-refractivity contribution in [1.82, 2.24) is 14.9 Å². The van der Waals surface area contributed by atoms with Crippen molar-refractivity contribution in [2.75, 3.05) is 18.0 Å². The molecule has 0 bridgehead atoms. The summed E-state index contributed by atoms with van der Waals surface area (Å²) in [7, 11) is 1.69. The van der Waals surface area contributed by atoms with Crippen molar-refractivity contribution in [1.29, 1.82) is 0 Å². The van der Waals surface area contributed by atoms with Crippen LogP contribution in [0, 0.1) is 0 Å². The summed E-state index contributed by atoms with van der Waals surface area (Å²) in [6.07, 6.45) is 1.62. The first-order valence-electron chi connectivity index (χ1n) is 12.5. The molecule has 9 nitrogen and oxygen atoms in total. The summed E-state index contributed by atoms with van der Waals surface area (Å²) in [5.74, 6) is 1.00. The summed E-state index contributed by atoms with van der Waals surface area (Å²) in [5, 5.41) is 22.4. The van der Waals surface area contributed by atoms with E-state index in [2.05, 4.69) is 5.32 Å². The van der Waals surface area contributed by atoms with Crippen LogP contribution in [0.3, 0.4) is 0 Å². The molecule has 4 aromatic rings. The molecule has 3 heterocycles. The molecule has 1 aliphatic carbocycles. The molecule has 1 atom stereocenters. The van der Waals surface area contributed by atoms with E-state index in [1.807, 2.05) is 59.5 Å². The molecule has 190 valence electrons. The third kappa shape index (κ3) is 3.86. The molecule has 2 aliphatic rings. The molecule has 9 heteroatoms. The van der Waals surface area contributed by atoms with Gasteiger partial charge in [0.25, 0.3) is 5.56 Å². The summed E-state index contributed by atoms with van der Waals surface area (Å²) in [5.41, 5.74) is 2.66. The fraction of sp³-hybridized carbons (Fsp3) is 0.321. The Bertz CT molecular complexity index is 1540. The van der Waals surface area contributed by atoms with Crippen LogP contribution in [0.25, 0.3) is 33.6 Å². The molecule has 2 fully saturated rings. The SMILES string of the molecule is Cn1c(N2CCC(O)C2)nc2oc(-c3ccc(C4(NC(=O)O)CCC4)cc3)c(-c3ccccc3)c2c1=O. The van der Waals surface area contributed by atoms with Crippen LogP contribution >= 0.6 is 0 Å². The van der Waals surface area contributed by atoms with Crippen LogP contribution in [0.1, 0.15) is 31.2 Å². The number of aromatic nitrogens is 2. The molecule has 2 aromatic heterocycles. The third-order valence-electron chi connectivity index (χ3n) is 7.67. The van der Waals surface area contributed by atoms with Crippen molar-refractivity contribution in [3.05, 3.63) is 70.5 Å². The predicted octanol–water partition coefficient (Wildman–Crippen LogP) is 4.08. The standard InChI is InChI=1S/C28H28N4O5/c1-31-25(34)22-21(17-6-3-2-4-7-17)23(37-24(22)29-26(31)32-15-12-20(33)16-32)18-8-10-19(11-9-18)28(13-5-14-28)30-27(35)36/h2-4,6-11,20,30,33H,5,12-16H2,1H3,(H,35,36). The van der Waals surface area contributed by atoms with Crippen LogP contribution in [0.4, 0.5) is 10.7 Å². The highest BCUT2D eigenvalue weighted by atomic mass is 16.4. The molecule has 2 aromatic carbocycles. The number of fused-ring (bicyclic) bond motifs is 1. The number of nitrogens with one attached hydrogen (secondary N) is 1. The Labute approximate surface area is 213 Å². The lowest BCUT2D eigenvalue weighted by Crippen LogP contribution is -2.50. The van der Waals surface area contributed by atoms with E-state index in [4.69, 9.17) is 9.40 Å². The quantitative estimate of drug-likeness (QED) is 0.378. The Morgan fingerprint density at radius 3 is 2.43 bits per heavy atom. The summed E-state index contributed by atoms with van der Waals surface area (Å²) in [4.78, 5) is 31.7. The number of nitrogens with zero attached hydrogens (tertiary/aromatic N) is 3. The number of aliphatic hydroxyl groups excluding tert-OH is 1. The topological polar surface area (TPSA) is 121 Å². The Morgan fingerprint density at radius 1 is 1.11 bits per heavy atom. The number of rotatable bonds is 5. The summed E-state index contributed by atoms with van der Waals surface area (Å²) < 4.78 is 7.83. The average Bonchev–Trinajstić information content (AvgIpc) is 3.48. The fourth-order valence-corrected chi connectivity index (χ4v) is 5.57. The zero-order chi connectivity index (χ0) is 25.7. The van der Waals surface area contributed by atoms with E-state index in [1.54, 1.807) is 7.05 Å². The Kier molecular flexibility index (Phi) is 5.52. The molecule has 1 saturated heterocycles. The summed E-state index contributed by atoms with van der Waals surface area (Å²) >= 11 is 0. The van der Waals surface area contributed by atoms with Gasteiger partial charge in [-0.05, 0) is 36.8 Å². The van der Waals surface area contributed by atoms with Crippen molar-refractivity contribution < 1.29 is 19.4 Å². The van der Waals surface area contributed by atoms with E-state index < -0.39 is 17.7 Å². The highest BCUT2D eigenvalue weighted by Gasteiger charge is 2.40. The zero-order valence-corrected chi connectivity index (χ0v) is 20.5. The smallest absolute Gasteiger partial charge is 0.405 e. The lowest BCUT2D eigenvalue weighted by Gasteiger charge is -2.42. The van der Waals surface area contributed by atoms with Gasteiger partial charge < -0.3 is 24.8 Å². The van der Waals surface area contributed by atoms with E-state index in [-0.39, 0.29) is 11.3 Å². The Hall–Kier alpha value is -4.11. The normalized spacial score (nSPS) is 18.6. The number of anilines is 1. The average molecular weight is 501 g/mol. The molecule has 3 N–H and O–H groups in total. The molecule has 1 unspecified atom stereocenters. The number of carboxylic acid groups (broad SMARTS) is 1. The van der Waals surface area contributed by atoms with Gasteiger partial charge in [0.15, 0.2) is 0 Å². The van der Waals surface area contributed by atoms with Gasteiger partial charge in [-0.1, -0.05) is 54.6 Å². The van der Waals surface area contributed by atoms with Gasteiger partial charge in [-0.25, -0.2) is 4.79 Å². The van der Waals surface area contributed by atoms with Crippen LogP contribution in [0.15, 0.2) is 63.8 Å². The molecule has 1 saturated carbocycles. The minimum Gasteiger partial charge on any atom is -0.465 e. The number of furan rings is 1. The van der Waals surface area contributed by atoms with Gasteiger partial charge >= 0.3 is 6.09 Å². The second-order valence-corrected chi connectivity index (χ2v) is 9.96. The highest BCUT2D eigenvalue weighted by Crippen LogP contribution is 2.43. The number of amides is 1. The monoisotopic (exact) mass is 500 g/mol. The highest BCUT2D eigenvalue weighted by molar-refractivity contribution is 6.00. The second-order valence-electron chi connectivity index (χ2n) is 9.96. The van der Waals surface area contributed by atoms with Gasteiger partial charge in [0.1, 0.15) is 11.1 Å². The maximum absolute atomic E-state index is 13.7. The first-order chi connectivity index (χ1) is 17.9. The minimum atomic E-state index is -1.03. The lowest BCUT2D eigenvalue weighted by molar-refractivity contribution is 0.144. The number of aliphatic hydroxyl groups is 1. The first-order valence-corrected chi connectivity index (χ1v) is 12.5. The largest absolute Gasteiger partial charge is 0.465 e. The van der Waals surface area contributed by atoms with E-state index in [1.165, 1.54) is 4.57 Å². The van der Waals surface area contributed by atoms with Gasteiger partial charge in [-0.3, -0.25) is 9.36 Å². The van der Waals surface area contributed by atoms with E-state index in [9.17, 15) is 19.8 Å². The molecule has 0 radical (unpaired) electrons. The fourth-order valence-electron chi connectivity index (χ4n) is 5.57. The Morgan fingerprint density at radius 2 is 1.84 bits per heavy atom.